The van der Waals surface area contributed by atoms with Crippen molar-refractivity contribution in [1.82, 2.24) is 0 Å². The summed E-state index contributed by atoms with van der Waals surface area (Å²) in [4.78, 5) is 0. The van der Waals surface area contributed by atoms with E-state index in [9.17, 15) is 0 Å². The van der Waals surface area contributed by atoms with Gasteiger partial charge in [-0.05, 0) is 77.4 Å². The van der Waals surface area contributed by atoms with Crippen molar-refractivity contribution in [2.75, 3.05) is 52.9 Å². The third-order valence-corrected chi connectivity index (χ3v) is 4.67. The predicted octanol–water partition coefficient (Wildman–Crippen LogP) is 6.76. The fourth-order valence-corrected chi connectivity index (χ4v) is 3.03. The minimum Gasteiger partial charge on any atom is -0.493 e. The van der Waals surface area contributed by atoms with Gasteiger partial charge in [0.1, 0.15) is 11.5 Å². The predicted molar refractivity (Wildman–Crippen MR) is 141 cm³/mol. The van der Waals surface area contributed by atoms with E-state index in [1.165, 1.54) is 0 Å². The summed E-state index contributed by atoms with van der Waals surface area (Å²) < 4.78 is 41.6. The molecule has 0 aliphatic carbocycles. The van der Waals surface area contributed by atoms with Crippen LogP contribution in [0.25, 0.3) is 0 Å². The van der Waals surface area contributed by atoms with Crippen LogP contribution in [0.2, 0.25) is 0 Å². The molecule has 7 nitrogen and oxygen atoms in total. The second kappa shape index (κ2) is 26.0. The molecule has 0 bridgehead atoms. The van der Waals surface area contributed by atoms with E-state index in [0.717, 1.165) is 77.8 Å². The van der Waals surface area contributed by atoms with Gasteiger partial charge in [-0.25, -0.2) is 0 Å². The van der Waals surface area contributed by atoms with Gasteiger partial charge in [-0.3, -0.25) is 0 Å². The van der Waals surface area contributed by atoms with E-state index in [1.807, 2.05) is 13.8 Å². The molecule has 0 aromatic heterocycles. The fourth-order valence-electron chi connectivity index (χ4n) is 3.03. The Hall–Kier alpha value is -1.12. The first-order valence-corrected chi connectivity index (χ1v) is 13.9. The largest absolute Gasteiger partial charge is 0.493 e. The van der Waals surface area contributed by atoms with E-state index in [-0.39, 0.29) is 0 Å². The summed E-state index contributed by atoms with van der Waals surface area (Å²) in [5.41, 5.74) is 0. The standard InChI is InChI=1S/C28H54O7/c1-7-19-29-23-15-13-17-25(33-21-9-3)27(31-11-5)35-28(32-12-6)26(34-22-10-4)18-14-16-24-30-20-8-2/h17-18,27-28H,7-16,19-24H2,1-6H3. The molecule has 0 saturated heterocycles. The Morgan fingerprint density at radius 1 is 0.543 bits per heavy atom. The molecule has 0 aliphatic heterocycles. The molecule has 35 heavy (non-hydrogen) atoms. The smallest absolute Gasteiger partial charge is 0.219 e. The molecule has 0 aromatic rings. The Bertz CT molecular complexity index is 464. The molecule has 7 heteroatoms. The lowest BCUT2D eigenvalue weighted by molar-refractivity contribution is -0.237. The monoisotopic (exact) mass is 502 g/mol. The molecule has 0 aliphatic rings. The van der Waals surface area contributed by atoms with E-state index in [2.05, 4.69) is 39.8 Å². The van der Waals surface area contributed by atoms with Gasteiger partial charge in [-0.2, -0.15) is 0 Å². The van der Waals surface area contributed by atoms with E-state index in [0.29, 0.717) is 37.9 Å². The highest BCUT2D eigenvalue weighted by Gasteiger charge is 2.26. The highest BCUT2D eigenvalue weighted by Crippen LogP contribution is 2.21. The van der Waals surface area contributed by atoms with Gasteiger partial charge in [-0.15, -0.1) is 0 Å². The van der Waals surface area contributed by atoms with Crippen molar-refractivity contribution in [2.24, 2.45) is 0 Å². The zero-order valence-corrected chi connectivity index (χ0v) is 23.5. The Morgan fingerprint density at radius 2 is 0.943 bits per heavy atom. The summed E-state index contributed by atoms with van der Waals surface area (Å²) in [5.74, 6) is 1.36. The fraction of sp³-hybridized carbons (Fsp3) is 0.857. The summed E-state index contributed by atoms with van der Waals surface area (Å²) in [6.07, 6.45) is 10.1. The van der Waals surface area contributed by atoms with E-state index in [4.69, 9.17) is 33.2 Å². The van der Waals surface area contributed by atoms with Crippen LogP contribution >= 0.6 is 0 Å². The molecule has 0 rings (SSSR count). The topological polar surface area (TPSA) is 64.6 Å². The highest BCUT2D eigenvalue weighted by molar-refractivity contribution is 5.01. The third kappa shape index (κ3) is 18.8. The first-order valence-electron chi connectivity index (χ1n) is 13.9. The van der Waals surface area contributed by atoms with Crippen LogP contribution in [0.15, 0.2) is 23.7 Å². The molecule has 0 amide bonds. The average molecular weight is 503 g/mol. The summed E-state index contributed by atoms with van der Waals surface area (Å²) in [6.45, 7) is 17.5. The van der Waals surface area contributed by atoms with Crippen molar-refractivity contribution in [1.29, 1.82) is 0 Å². The molecule has 0 radical (unpaired) electrons. The molecule has 0 spiro atoms. The van der Waals surface area contributed by atoms with Gasteiger partial charge in [-0.1, -0.05) is 27.7 Å². The van der Waals surface area contributed by atoms with Gasteiger partial charge >= 0.3 is 0 Å². The van der Waals surface area contributed by atoms with Gasteiger partial charge in [0.15, 0.2) is 0 Å². The van der Waals surface area contributed by atoms with Crippen molar-refractivity contribution in [3.63, 3.8) is 0 Å². The average Bonchev–Trinajstić information content (AvgIpc) is 2.86. The first-order chi connectivity index (χ1) is 17.2. The Kier molecular flexibility index (Phi) is 25.1. The highest BCUT2D eigenvalue weighted by atomic mass is 16.8. The van der Waals surface area contributed by atoms with E-state index in [1.54, 1.807) is 0 Å². The number of ether oxygens (including phenoxy) is 7. The lowest BCUT2D eigenvalue weighted by Gasteiger charge is -2.28. The van der Waals surface area contributed by atoms with E-state index >= 15 is 0 Å². The minimum absolute atomic E-state index is 0.486. The van der Waals surface area contributed by atoms with Crippen LogP contribution < -0.4 is 0 Å². The Morgan fingerprint density at radius 3 is 1.29 bits per heavy atom. The zero-order valence-electron chi connectivity index (χ0n) is 23.5. The molecule has 0 fully saturated rings. The van der Waals surface area contributed by atoms with Crippen LogP contribution in [0.5, 0.6) is 0 Å². The van der Waals surface area contributed by atoms with Gasteiger partial charge in [0.2, 0.25) is 12.6 Å². The Balaban J connectivity index is 5.43. The third-order valence-electron chi connectivity index (χ3n) is 4.67. The molecule has 0 N–H and O–H groups in total. The maximum absolute atomic E-state index is 6.35. The van der Waals surface area contributed by atoms with Crippen LogP contribution in [-0.4, -0.2) is 65.4 Å². The molecular formula is C28H54O7. The Labute approximate surface area is 215 Å². The summed E-state index contributed by atoms with van der Waals surface area (Å²) in [5, 5.41) is 0. The van der Waals surface area contributed by atoms with Crippen molar-refractivity contribution in [3.8, 4) is 0 Å². The van der Waals surface area contributed by atoms with Crippen LogP contribution in [-0.2, 0) is 33.2 Å². The minimum atomic E-state index is -0.679. The number of rotatable bonds is 26. The molecule has 2 unspecified atom stereocenters. The second-order valence-electron chi connectivity index (χ2n) is 8.13. The van der Waals surface area contributed by atoms with Crippen LogP contribution in [0.1, 0.15) is 92.9 Å². The number of allylic oxidation sites excluding steroid dienone is 2. The molecular weight excluding hydrogens is 448 g/mol. The van der Waals surface area contributed by atoms with Crippen LogP contribution in [0, 0.1) is 0 Å². The van der Waals surface area contributed by atoms with Crippen molar-refractivity contribution in [3.05, 3.63) is 23.7 Å². The maximum Gasteiger partial charge on any atom is 0.219 e. The summed E-state index contributed by atoms with van der Waals surface area (Å²) in [6, 6.07) is 0. The molecule has 2 atom stereocenters. The van der Waals surface area contributed by atoms with Gasteiger partial charge in [0.05, 0.1) is 13.2 Å². The first kappa shape index (κ1) is 33.9. The van der Waals surface area contributed by atoms with Gasteiger partial charge < -0.3 is 33.2 Å². The van der Waals surface area contributed by atoms with Crippen molar-refractivity contribution < 1.29 is 33.2 Å². The van der Waals surface area contributed by atoms with E-state index < -0.39 is 12.6 Å². The molecule has 0 heterocycles. The molecule has 0 saturated carbocycles. The quantitative estimate of drug-likeness (QED) is 0.0735. The number of hydrogen-bond donors (Lipinski definition) is 0. The van der Waals surface area contributed by atoms with Gasteiger partial charge in [0.25, 0.3) is 0 Å². The number of unbranched alkanes of at least 4 members (excludes halogenated alkanes) is 2. The van der Waals surface area contributed by atoms with Crippen LogP contribution in [0.4, 0.5) is 0 Å². The lowest BCUT2D eigenvalue weighted by Crippen LogP contribution is -2.32. The number of hydrogen-bond acceptors (Lipinski definition) is 7. The van der Waals surface area contributed by atoms with Gasteiger partial charge in [0, 0.05) is 39.6 Å². The second-order valence-corrected chi connectivity index (χ2v) is 8.13. The summed E-state index contributed by atoms with van der Waals surface area (Å²) >= 11 is 0. The normalized spacial score (nSPS) is 14.2. The lowest BCUT2D eigenvalue weighted by atomic mass is 10.2. The van der Waals surface area contributed by atoms with Crippen LogP contribution in [0.3, 0.4) is 0 Å². The molecule has 208 valence electrons. The zero-order chi connectivity index (χ0) is 26.0. The maximum atomic E-state index is 6.35. The molecule has 0 aromatic carbocycles. The SMILES string of the molecule is CCCOCCCC=C(OCCC)C(OCC)OC(OCC)C(=CCCCOCCC)OCCC. The van der Waals surface area contributed by atoms with Crippen molar-refractivity contribution in [2.45, 2.75) is 105 Å². The summed E-state index contributed by atoms with van der Waals surface area (Å²) in [7, 11) is 0. The van der Waals surface area contributed by atoms with Crippen molar-refractivity contribution >= 4 is 0 Å².